The Morgan fingerprint density at radius 1 is 1.21 bits per heavy atom. The summed E-state index contributed by atoms with van der Waals surface area (Å²) in [4.78, 5) is 11.1. The third-order valence-corrected chi connectivity index (χ3v) is 2.24. The minimum atomic E-state index is -0.0453. The molecule has 0 radical (unpaired) electrons. The number of unbranched alkanes of at least 4 members (excludes halogenated alkanes) is 1. The highest BCUT2D eigenvalue weighted by molar-refractivity contribution is 5.73. The summed E-state index contributed by atoms with van der Waals surface area (Å²) in [5.41, 5.74) is 0. The van der Waals surface area contributed by atoms with Gasteiger partial charge in [0.1, 0.15) is 0 Å². The fraction of sp³-hybridized carbons (Fsp3) is 0.900. The Kier molecular flexibility index (Phi) is 5.37. The van der Waals surface area contributed by atoms with Crippen molar-refractivity contribution in [2.75, 3.05) is 19.6 Å². The number of carbonyl (C=O) groups is 1. The van der Waals surface area contributed by atoms with E-state index in [4.69, 9.17) is 0 Å². The van der Waals surface area contributed by atoms with Crippen molar-refractivity contribution in [1.29, 1.82) is 0 Å². The molecule has 0 aromatic heterocycles. The highest BCUT2D eigenvalue weighted by Gasteiger charge is 2.19. The molecule has 1 saturated carbocycles. The molecule has 0 saturated heterocycles. The van der Waals surface area contributed by atoms with E-state index in [0.29, 0.717) is 6.54 Å². The minimum absolute atomic E-state index is 0.0453. The van der Waals surface area contributed by atoms with E-state index in [1.165, 1.54) is 12.8 Å². The smallest absolute Gasteiger partial charge is 0.314 e. The van der Waals surface area contributed by atoms with Gasteiger partial charge >= 0.3 is 6.03 Å². The van der Waals surface area contributed by atoms with Gasteiger partial charge in [0.2, 0.25) is 0 Å². The second kappa shape index (κ2) is 6.65. The third kappa shape index (κ3) is 5.80. The molecule has 0 bridgehead atoms. The van der Waals surface area contributed by atoms with E-state index in [9.17, 15) is 4.79 Å². The zero-order valence-corrected chi connectivity index (χ0v) is 8.94. The van der Waals surface area contributed by atoms with E-state index in [2.05, 4.69) is 22.9 Å². The van der Waals surface area contributed by atoms with Gasteiger partial charge in [0.15, 0.2) is 0 Å². The number of carbonyl (C=O) groups excluding carboxylic acids is 1. The predicted molar refractivity (Wildman–Crippen MR) is 57.3 cm³/mol. The van der Waals surface area contributed by atoms with Crippen molar-refractivity contribution in [3.63, 3.8) is 0 Å². The number of hydrogen-bond acceptors (Lipinski definition) is 2. The quantitative estimate of drug-likeness (QED) is 0.532. The van der Waals surface area contributed by atoms with Crippen LogP contribution in [0.25, 0.3) is 0 Å². The minimum Gasteiger partial charge on any atom is -0.338 e. The molecule has 3 N–H and O–H groups in total. The van der Waals surface area contributed by atoms with Gasteiger partial charge in [-0.15, -0.1) is 0 Å². The molecule has 82 valence electrons. The molecule has 1 fully saturated rings. The van der Waals surface area contributed by atoms with Crippen LogP contribution in [0.5, 0.6) is 0 Å². The molecule has 4 nitrogen and oxygen atoms in total. The summed E-state index contributed by atoms with van der Waals surface area (Å²) in [7, 11) is 0. The standard InChI is InChI=1S/C10H21N3O/c1-2-3-6-12-10(14)13-8-7-11-9-4-5-9/h9,11H,2-8H2,1H3,(H2,12,13,14). The van der Waals surface area contributed by atoms with Gasteiger partial charge in [-0.05, 0) is 19.3 Å². The van der Waals surface area contributed by atoms with Crippen LogP contribution in [0.15, 0.2) is 0 Å². The van der Waals surface area contributed by atoms with Crippen LogP contribution in [0, 0.1) is 0 Å². The molecule has 14 heavy (non-hydrogen) atoms. The van der Waals surface area contributed by atoms with E-state index < -0.39 is 0 Å². The zero-order valence-electron chi connectivity index (χ0n) is 8.94. The van der Waals surface area contributed by atoms with E-state index in [1.54, 1.807) is 0 Å². The topological polar surface area (TPSA) is 53.2 Å². The Morgan fingerprint density at radius 2 is 1.93 bits per heavy atom. The van der Waals surface area contributed by atoms with Crippen LogP contribution in [0.2, 0.25) is 0 Å². The molecule has 0 heterocycles. The second-order valence-corrected chi connectivity index (χ2v) is 3.76. The van der Waals surface area contributed by atoms with Gasteiger partial charge in [-0.1, -0.05) is 13.3 Å². The number of hydrogen-bond donors (Lipinski definition) is 3. The summed E-state index contributed by atoms with van der Waals surface area (Å²) in [6.07, 6.45) is 4.75. The molecule has 1 aliphatic rings. The molecule has 2 amide bonds. The lowest BCUT2D eigenvalue weighted by atomic mass is 10.3. The normalized spacial score (nSPS) is 15.2. The lowest BCUT2D eigenvalue weighted by molar-refractivity contribution is 0.240. The maximum atomic E-state index is 11.1. The summed E-state index contributed by atoms with van der Waals surface area (Å²) in [5.74, 6) is 0. The first-order valence-corrected chi connectivity index (χ1v) is 5.58. The molecule has 0 atom stereocenters. The van der Waals surface area contributed by atoms with Crippen LogP contribution < -0.4 is 16.0 Å². The fourth-order valence-corrected chi connectivity index (χ4v) is 1.18. The fourth-order valence-electron chi connectivity index (χ4n) is 1.18. The third-order valence-electron chi connectivity index (χ3n) is 2.24. The van der Waals surface area contributed by atoms with Crippen molar-refractivity contribution in [1.82, 2.24) is 16.0 Å². The Hall–Kier alpha value is -0.770. The summed E-state index contributed by atoms with van der Waals surface area (Å²) >= 11 is 0. The van der Waals surface area contributed by atoms with Gasteiger partial charge in [0.25, 0.3) is 0 Å². The van der Waals surface area contributed by atoms with Crippen molar-refractivity contribution >= 4 is 6.03 Å². The highest BCUT2D eigenvalue weighted by Crippen LogP contribution is 2.17. The van der Waals surface area contributed by atoms with Crippen LogP contribution in [0.1, 0.15) is 32.6 Å². The summed E-state index contributed by atoms with van der Waals surface area (Å²) in [6, 6.07) is 0.677. The maximum absolute atomic E-state index is 11.1. The van der Waals surface area contributed by atoms with E-state index in [1.807, 2.05) is 0 Å². The van der Waals surface area contributed by atoms with Gasteiger partial charge in [-0.25, -0.2) is 4.79 Å². The van der Waals surface area contributed by atoms with Crippen molar-refractivity contribution in [2.24, 2.45) is 0 Å². The highest BCUT2D eigenvalue weighted by atomic mass is 16.2. The first-order chi connectivity index (χ1) is 6.83. The van der Waals surface area contributed by atoms with E-state index in [-0.39, 0.29) is 6.03 Å². The molecule has 1 aliphatic carbocycles. The Bertz CT molecular complexity index is 169. The van der Waals surface area contributed by atoms with E-state index in [0.717, 1.165) is 32.0 Å². The van der Waals surface area contributed by atoms with Gasteiger partial charge in [-0.2, -0.15) is 0 Å². The molecule has 4 heteroatoms. The number of amides is 2. The number of nitrogens with one attached hydrogen (secondary N) is 3. The molecule has 0 spiro atoms. The molecule has 0 aromatic carbocycles. The van der Waals surface area contributed by atoms with Crippen molar-refractivity contribution < 1.29 is 4.79 Å². The average molecular weight is 199 g/mol. The Balaban J connectivity index is 1.81. The van der Waals surface area contributed by atoms with Crippen molar-refractivity contribution in [3.05, 3.63) is 0 Å². The zero-order chi connectivity index (χ0) is 10.2. The monoisotopic (exact) mass is 199 g/mol. The summed E-state index contributed by atoms with van der Waals surface area (Å²) in [5, 5.41) is 8.96. The van der Waals surface area contributed by atoms with Gasteiger partial charge in [0, 0.05) is 25.7 Å². The maximum Gasteiger partial charge on any atom is 0.314 e. The first kappa shape index (κ1) is 11.3. The predicted octanol–water partition coefficient (Wildman–Crippen LogP) is 0.838. The van der Waals surface area contributed by atoms with Crippen LogP contribution in [0.3, 0.4) is 0 Å². The van der Waals surface area contributed by atoms with Crippen LogP contribution >= 0.6 is 0 Å². The first-order valence-electron chi connectivity index (χ1n) is 5.58. The molecule has 0 aromatic rings. The number of rotatable bonds is 7. The summed E-state index contributed by atoms with van der Waals surface area (Å²) in [6.45, 7) is 4.48. The second-order valence-electron chi connectivity index (χ2n) is 3.76. The molecule has 0 unspecified atom stereocenters. The SMILES string of the molecule is CCCCNC(=O)NCCNC1CC1. The molecular formula is C10H21N3O. The van der Waals surface area contributed by atoms with E-state index >= 15 is 0 Å². The van der Waals surface area contributed by atoms with Crippen molar-refractivity contribution in [2.45, 2.75) is 38.6 Å². The molecular weight excluding hydrogens is 178 g/mol. The van der Waals surface area contributed by atoms with Gasteiger partial charge in [0.05, 0.1) is 0 Å². The lowest BCUT2D eigenvalue weighted by Gasteiger charge is -2.07. The molecule has 1 rings (SSSR count). The Morgan fingerprint density at radius 3 is 2.57 bits per heavy atom. The molecule has 0 aliphatic heterocycles. The van der Waals surface area contributed by atoms with Gasteiger partial charge < -0.3 is 16.0 Å². The lowest BCUT2D eigenvalue weighted by Crippen LogP contribution is -2.39. The van der Waals surface area contributed by atoms with Crippen LogP contribution in [-0.2, 0) is 0 Å². The summed E-state index contributed by atoms with van der Waals surface area (Å²) < 4.78 is 0. The van der Waals surface area contributed by atoms with Gasteiger partial charge in [-0.3, -0.25) is 0 Å². The van der Waals surface area contributed by atoms with Crippen molar-refractivity contribution in [3.8, 4) is 0 Å². The Labute approximate surface area is 85.8 Å². The van der Waals surface area contributed by atoms with Crippen LogP contribution in [-0.4, -0.2) is 31.7 Å². The number of urea groups is 1. The average Bonchev–Trinajstić information content (AvgIpc) is 2.97. The van der Waals surface area contributed by atoms with Crippen LogP contribution in [0.4, 0.5) is 4.79 Å². The largest absolute Gasteiger partial charge is 0.338 e.